The molecule has 0 radical (unpaired) electrons. The zero-order valence-electron chi connectivity index (χ0n) is 16.6. The summed E-state index contributed by atoms with van der Waals surface area (Å²) in [6.45, 7) is 5.16. The highest BCUT2D eigenvalue weighted by Crippen LogP contribution is 2.23. The summed E-state index contributed by atoms with van der Waals surface area (Å²) in [4.78, 5) is 26.9. The van der Waals surface area contributed by atoms with Gasteiger partial charge in [-0.1, -0.05) is 55.5 Å². The minimum atomic E-state index is -0.374. The third-order valence-electron chi connectivity index (χ3n) is 4.98. The van der Waals surface area contributed by atoms with E-state index in [1.807, 2.05) is 55.5 Å². The Balaban J connectivity index is 1.97. The predicted octanol–water partition coefficient (Wildman–Crippen LogP) is 3.96. The first-order valence-corrected chi connectivity index (χ1v) is 9.54. The van der Waals surface area contributed by atoms with E-state index in [1.165, 1.54) is 7.11 Å². The normalized spacial score (nSPS) is 12.0. The maximum absolute atomic E-state index is 13.4. The maximum atomic E-state index is 13.4. The van der Waals surface area contributed by atoms with Crippen molar-refractivity contribution in [3.63, 3.8) is 0 Å². The molecule has 28 heavy (non-hydrogen) atoms. The number of benzene rings is 2. The fourth-order valence-electron chi connectivity index (χ4n) is 3.45. The minimum Gasteiger partial charge on any atom is -0.469 e. The molecule has 0 aliphatic rings. The SMILES string of the molecule is CCN(CC(C)C(=O)OC)C(=O)c1cc2ccccc2n1Cc1ccccc1. The number of rotatable bonds is 7. The first-order valence-electron chi connectivity index (χ1n) is 9.54. The number of para-hydroxylation sites is 1. The van der Waals surface area contributed by atoms with Gasteiger partial charge in [0.05, 0.1) is 13.0 Å². The van der Waals surface area contributed by atoms with E-state index in [0.29, 0.717) is 25.3 Å². The van der Waals surface area contributed by atoms with Crippen LogP contribution in [0.25, 0.3) is 10.9 Å². The molecule has 0 N–H and O–H groups in total. The Labute approximate surface area is 165 Å². The number of nitrogens with zero attached hydrogens (tertiary/aromatic N) is 2. The Morgan fingerprint density at radius 2 is 1.75 bits per heavy atom. The second-order valence-electron chi connectivity index (χ2n) is 6.93. The van der Waals surface area contributed by atoms with Crippen molar-refractivity contribution in [2.24, 2.45) is 5.92 Å². The Bertz CT molecular complexity index is 962. The summed E-state index contributed by atoms with van der Waals surface area (Å²) in [5, 5.41) is 1.03. The van der Waals surface area contributed by atoms with E-state index in [-0.39, 0.29) is 17.8 Å². The van der Waals surface area contributed by atoms with E-state index >= 15 is 0 Å². The molecule has 0 aliphatic carbocycles. The molecule has 1 amide bonds. The third-order valence-corrected chi connectivity index (χ3v) is 4.98. The Morgan fingerprint density at radius 1 is 1.07 bits per heavy atom. The fraction of sp³-hybridized carbons (Fsp3) is 0.304. The van der Waals surface area contributed by atoms with Crippen molar-refractivity contribution in [1.82, 2.24) is 9.47 Å². The first-order chi connectivity index (χ1) is 13.5. The maximum Gasteiger partial charge on any atom is 0.310 e. The molecule has 2 aromatic carbocycles. The van der Waals surface area contributed by atoms with E-state index in [9.17, 15) is 9.59 Å². The van der Waals surface area contributed by atoms with Crippen LogP contribution in [0.2, 0.25) is 0 Å². The molecular formula is C23H26N2O3. The lowest BCUT2D eigenvalue weighted by Gasteiger charge is -2.24. The molecule has 1 atom stereocenters. The number of methoxy groups -OCH3 is 1. The predicted molar refractivity (Wildman–Crippen MR) is 110 cm³/mol. The molecule has 0 spiro atoms. The standard InChI is InChI=1S/C23H26N2O3/c1-4-24(15-17(2)23(27)28-3)22(26)21-14-19-12-8-9-13-20(19)25(21)16-18-10-6-5-7-11-18/h5-14,17H,4,15-16H2,1-3H3. The number of fused-ring (bicyclic) bond motifs is 1. The molecular weight excluding hydrogens is 352 g/mol. The number of amides is 1. The van der Waals surface area contributed by atoms with Crippen molar-refractivity contribution >= 4 is 22.8 Å². The lowest BCUT2D eigenvalue weighted by atomic mass is 10.1. The third kappa shape index (κ3) is 4.09. The Hall–Kier alpha value is -3.08. The number of carbonyl (C=O) groups excluding carboxylic acids is 2. The van der Waals surface area contributed by atoms with Crippen LogP contribution in [0, 0.1) is 5.92 Å². The molecule has 1 aromatic heterocycles. The number of hydrogen-bond donors (Lipinski definition) is 0. The van der Waals surface area contributed by atoms with E-state index < -0.39 is 0 Å². The molecule has 0 saturated heterocycles. The lowest BCUT2D eigenvalue weighted by molar-refractivity contribution is -0.145. The highest BCUT2D eigenvalue weighted by molar-refractivity contribution is 5.99. The van der Waals surface area contributed by atoms with Gasteiger partial charge in [-0.2, -0.15) is 0 Å². The smallest absolute Gasteiger partial charge is 0.310 e. The van der Waals surface area contributed by atoms with Gasteiger partial charge in [-0.05, 0) is 24.6 Å². The van der Waals surface area contributed by atoms with Gasteiger partial charge in [-0.3, -0.25) is 9.59 Å². The van der Waals surface area contributed by atoms with Crippen LogP contribution in [-0.4, -0.2) is 41.5 Å². The lowest BCUT2D eigenvalue weighted by Crippen LogP contribution is -2.38. The van der Waals surface area contributed by atoms with Gasteiger partial charge in [-0.15, -0.1) is 0 Å². The van der Waals surface area contributed by atoms with Crippen LogP contribution < -0.4 is 0 Å². The average molecular weight is 378 g/mol. The van der Waals surface area contributed by atoms with E-state index in [0.717, 1.165) is 16.5 Å². The topological polar surface area (TPSA) is 51.5 Å². The summed E-state index contributed by atoms with van der Waals surface area (Å²) >= 11 is 0. The molecule has 0 aliphatic heterocycles. The van der Waals surface area contributed by atoms with Crippen LogP contribution in [-0.2, 0) is 16.1 Å². The van der Waals surface area contributed by atoms with Crippen molar-refractivity contribution in [3.05, 3.63) is 71.9 Å². The van der Waals surface area contributed by atoms with Crippen LogP contribution in [0.4, 0.5) is 0 Å². The summed E-state index contributed by atoms with van der Waals surface area (Å²) in [5.74, 6) is -0.762. The summed E-state index contributed by atoms with van der Waals surface area (Å²) in [5.41, 5.74) is 2.78. The van der Waals surface area contributed by atoms with Gasteiger partial charge >= 0.3 is 5.97 Å². The first kappa shape index (κ1) is 19.7. The minimum absolute atomic E-state index is 0.0783. The van der Waals surface area contributed by atoms with Crippen molar-refractivity contribution in [2.45, 2.75) is 20.4 Å². The van der Waals surface area contributed by atoms with Gasteiger partial charge in [0, 0.05) is 30.5 Å². The molecule has 146 valence electrons. The molecule has 1 unspecified atom stereocenters. The molecule has 3 rings (SSSR count). The molecule has 0 saturated carbocycles. The fourth-order valence-corrected chi connectivity index (χ4v) is 3.45. The summed E-state index contributed by atoms with van der Waals surface area (Å²) in [7, 11) is 1.37. The molecule has 0 fully saturated rings. The molecule has 0 bridgehead atoms. The number of aromatic nitrogens is 1. The van der Waals surface area contributed by atoms with Crippen molar-refractivity contribution < 1.29 is 14.3 Å². The van der Waals surface area contributed by atoms with Gasteiger partial charge in [0.1, 0.15) is 5.69 Å². The Morgan fingerprint density at radius 3 is 2.43 bits per heavy atom. The second-order valence-corrected chi connectivity index (χ2v) is 6.93. The van der Waals surface area contributed by atoms with Crippen LogP contribution in [0.5, 0.6) is 0 Å². The van der Waals surface area contributed by atoms with E-state index in [2.05, 4.69) is 16.7 Å². The Kier molecular flexibility index (Phi) is 6.14. The van der Waals surface area contributed by atoms with Gasteiger partial charge in [0.2, 0.25) is 0 Å². The van der Waals surface area contributed by atoms with Crippen LogP contribution in [0.15, 0.2) is 60.7 Å². The summed E-state index contributed by atoms with van der Waals surface area (Å²) in [6.07, 6.45) is 0. The summed E-state index contributed by atoms with van der Waals surface area (Å²) in [6, 6.07) is 20.0. The van der Waals surface area contributed by atoms with Crippen molar-refractivity contribution in [2.75, 3.05) is 20.2 Å². The van der Waals surface area contributed by atoms with Gasteiger partial charge in [0.15, 0.2) is 0 Å². The van der Waals surface area contributed by atoms with Crippen molar-refractivity contribution in [3.8, 4) is 0 Å². The summed E-state index contributed by atoms with van der Waals surface area (Å²) < 4.78 is 6.87. The molecule has 3 aromatic rings. The second kappa shape index (κ2) is 8.74. The molecule has 5 nitrogen and oxygen atoms in total. The quantitative estimate of drug-likeness (QED) is 0.585. The van der Waals surface area contributed by atoms with Crippen LogP contribution in [0.1, 0.15) is 29.9 Å². The highest BCUT2D eigenvalue weighted by Gasteiger charge is 2.24. The van der Waals surface area contributed by atoms with Gasteiger partial charge in [-0.25, -0.2) is 0 Å². The van der Waals surface area contributed by atoms with Crippen LogP contribution >= 0.6 is 0 Å². The van der Waals surface area contributed by atoms with Crippen molar-refractivity contribution in [1.29, 1.82) is 0 Å². The number of hydrogen-bond acceptors (Lipinski definition) is 3. The monoisotopic (exact) mass is 378 g/mol. The van der Waals surface area contributed by atoms with Gasteiger partial charge < -0.3 is 14.2 Å². The van der Waals surface area contributed by atoms with E-state index in [1.54, 1.807) is 11.8 Å². The van der Waals surface area contributed by atoms with E-state index in [4.69, 9.17) is 4.74 Å². The number of ether oxygens (including phenoxy) is 1. The number of carbonyl (C=O) groups is 2. The van der Waals surface area contributed by atoms with Crippen LogP contribution in [0.3, 0.4) is 0 Å². The van der Waals surface area contributed by atoms with Gasteiger partial charge in [0.25, 0.3) is 5.91 Å². The zero-order chi connectivity index (χ0) is 20.1. The average Bonchev–Trinajstić information content (AvgIpc) is 3.10. The highest BCUT2D eigenvalue weighted by atomic mass is 16.5. The zero-order valence-corrected chi connectivity index (χ0v) is 16.6. The molecule has 1 heterocycles. The number of esters is 1. The largest absolute Gasteiger partial charge is 0.469 e. The molecule has 5 heteroatoms.